The fraction of sp³-hybridized carbons (Fsp3) is 0.308. The average Bonchev–Trinajstić information content (AvgIpc) is 2.82. The van der Waals surface area contributed by atoms with Gasteiger partial charge in [0.05, 0.1) is 11.5 Å². The second kappa shape index (κ2) is 5.90. The summed E-state index contributed by atoms with van der Waals surface area (Å²) in [6.45, 7) is 3.56. The van der Waals surface area contributed by atoms with Crippen molar-refractivity contribution in [2.75, 3.05) is 4.72 Å². The molecule has 0 amide bonds. The normalized spacial score (nSPS) is 11.6. The Labute approximate surface area is 122 Å². The summed E-state index contributed by atoms with van der Waals surface area (Å²) in [6.07, 6.45) is 2.21. The summed E-state index contributed by atoms with van der Waals surface area (Å²) in [7, 11) is -3.69. The molecule has 5 nitrogen and oxygen atoms in total. The lowest BCUT2D eigenvalue weighted by atomic mass is 10.1. The van der Waals surface area contributed by atoms with Crippen LogP contribution in [-0.4, -0.2) is 18.5 Å². The van der Waals surface area contributed by atoms with Crippen molar-refractivity contribution in [3.63, 3.8) is 0 Å². The van der Waals surface area contributed by atoms with Gasteiger partial charge in [-0.15, -0.1) is 11.3 Å². The Morgan fingerprint density at radius 2 is 2.15 bits per heavy atom. The molecule has 0 fully saturated rings. The number of hydrogen-bond acceptors (Lipinski definition) is 5. The molecule has 0 spiro atoms. The van der Waals surface area contributed by atoms with Crippen molar-refractivity contribution >= 4 is 26.5 Å². The smallest absolute Gasteiger partial charge is 0.263 e. The van der Waals surface area contributed by atoms with Gasteiger partial charge in [0.15, 0.2) is 5.13 Å². The Morgan fingerprint density at radius 3 is 2.70 bits per heavy atom. The second-order valence-electron chi connectivity index (χ2n) is 4.34. The van der Waals surface area contributed by atoms with Crippen molar-refractivity contribution in [1.29, 1.82) is 0 Å². The number of aliphatic hydroxyl groups excluding tert-OH is 1. The van der Waals surface area contributed by atoms with E-state index >= 15 is 0 Å². The van der Waals surface area contributed by atoms with Gasteiger partial charge in [-0.05, 0) is 30.5 Å². The molecule has 1 aromatic carbocycles. The first kappa shape index (κ1) is 15.0. The fourth-order valence-corrected chi connectivity index (χ4v) is 4.08. The van der Waals surface area contributed by atoms with Gasteiger partial charge in [0.2, 0.25) is 0 Å². The number of nitrogens with one attached hydrogen (secondary N) is 1. The van der Waals surface area contributed by atoms with Crippen LogP contribution >= 0.6 is 11.3 Å². The predicted molar refractivity (Wildman–Crippen MR) is 79.4 cm³/mol. The van der Waals surface area contributed by atoms with Crippen LogP contribution in [0.15, 0.2) is 29.3 Å². The Hall–Kier alpha value is -1.44. The van der Waals surface area contributed by atoms with Gasteiger partial charge in [0, 0.05) is 11.1 Å². The summed E-state index contributed by atoms with van der Waals surface area (Å²) in [4.78, 5) is 5.13. The van der Waals surface area contributed by atoms with Crippen LogP contribution in [0.5, 0.6) is 0 Å². The molecule has 7 heteroatoms. The van der Waals surface area contributed by atoms with Gasteiger partial charge >= 0.3 is 0 Å². The van der Waals surface area contributed by atoms with Gasteiger partial charge in [0.25, 0.3) is 10.0 Å². The first-order valence-electron chi connectivity index (χ1n) is 6.14. The van der Waals surface area contributed by atoms with E-state index in [9.17, 15) is 8.42 Å². The van der Waals surface area contributed by atoms with Crippen molar-refractivity contribution < 1.29 is 13.5 Å². The lowest BCUT2D eigenvalue weighted by molar-refractivity contribution is 0.281. The van der Waals surface area contributed by atoms with Crippen LogP contribution in [0.1, 0.15) is 22.9 Å². The lowest BCUT2D eigenvalue weighted by Gasteiger charge is -2.11. The maximum Gasteiger partial charge on any atom is 0.263 e. The van der Waals surface area contributed by atoms with E-state index < -0.39 is 10.0 Å². The van der Waals surface area contributed by atoms with Crippen LogP contribution < -0.4 is 4.72 Å². The molecule has 1 heterocycles. The van der Waals surface area contributed by atoms with Crippen LogP contribution in [0.3, 0.4) is 0 Å². The molecule has 2 rings (SSSR count). The first-order valence-corrected chi connectivity index (χ1v) is 8.44. The number of benzene rings is 1. The highest BCUT2D eigenvalue weighted by molar-refractivity contribution is 7.93. The number of nitrogens with zero attached hydrogens (tertiary/aromatic N) is 1. The van der Waals surface area contributed by atoms with Crippen molar-refractivity contribution in [2.24, 2.45) is 0 Å². The van der Waals surface area contributed by atoms with Crippen molar-refractivity contribution in [3.8, 4) is 0 Å². The minimum absolute atomic E-state index is 0.192. The number of aliphatic hydroxyl groups is 1. The molecular formula is C13H16N2O3S2. The minimum atomic E-state index is -3.69. The first-order chi connectivity index (χ1) is 9.46. The number of sulfonamides is 1. The highest BCUT2D eigenvalue weighted by atomic mass is 32.2. The number of aryl methyl sites for hydroxylation is 2. The molecule has 0 unspecified atom stereocenters. The standard InChI is InChI=1S/C13H16N2O3S2/c1-3-11-5-4-10(8-16)6-12(11)20(17,18)15-13-14-7-9(2)19-13/h4-7,16H,3,8H2,1-2H3,(H,14,15). The van der Waals surface area contributed by atoms with Crippen LogP contribution in [0.2, 0.25) is 0 Å². The molecule has 0 aliphatic carbocycles. The molecule has 1 aromatic heterocycles. The molecule has 0 saturated carbocycles. The van der Waals surface area contributed by atoms with E-state index in [0.29, 0.717) is 22.7 Å². The molecule has 0 bridgehead atoms. The van der Waals surface area contributed by atoms with Crippen molar-refractivity contribution in [2.45, 2.75) is 31.8 Å². The molecule has 0 atom stereocenters. The van der Waals surface area contributed by atoms with Crippen LogP contribution in [0.4, 0.5) is 5.13 Å². The van der Waals surface area contributed by atoms with Gasteiger partial charge in [-0.1, -0.05) is 19.1 Å². The predicted octanol–water partition coefficient (Wildman–Crippen LogP) is 2.31. The molecule has 0 aliphatic heterocycles. The van der Waals surface area contributed by atoms with E-state index in [1.54, 1.807) is 18.3 Å². The van der Waals surface area contributed by atoms with E-state index in [-0.39, 0.29) is 11.5 Å². The Morgan fingerprint density at radius 1 is 1.40 bits per heavy atom. The van der Waals surface area contributed by atoms with Crippen molar-refractivity contribution in [3.05, 3.63) is 40.4 Å². The Bertz CT molecular complexity index is 708. The maximum atomic E-state index is 12.4. The third-order valence-corrected chi connectivity index (χ3v) is 5.21. The van der Waals surface area contributed by atoms with Gasteiger partial charge in [-0.2, -0.15) is 0 Å². The average molecular weight is 312 g/mol. The topological polar surface area (TPSA) is 79.3 Å². The van der Waals surface area contributed by atoms with E-state index in [0.717, 1.165) is 4.88 Å². The molecule has 108 valence electrons. The third kappa shape index (κ3) is 3.17. The Balaban J connectivity index is 2.42. The maximum absolute atomic E-state index is 12.4. The number of thiazole rings is 1. The number of hydrogen-bond donors (Lipinski definition) is 2. The zero-order valence-corrected chi connectivity index (χ0v) is 12.9. The summed E-state index contributed by atoms with van der Waals surface area (Å²) in [6, 6.07) is 4.96. The van der Waals surface area contributed by atoms with E-state index in [1.165, 1.54) is 17.4 Å². The molecular weight excluding hydrogens is 296 g/mol. The SMILES string of the molecule is CCc1ccc(CO)cc1S(=O)(=O)Nc1ncc(C)s1. The van der Waals surface area contributed by atoms with Gasteiger partial charge in [-0.3, -0.25) is 4.72 Å². The second-order valence-corrected chi connectivity index (χ2v) is 7.22. The van der Waals surface area contributed by atoms with Crippen LogP contribution in [0, 0.1) is 6.92 Å². The number of aromatic nitrogens is 1. The van der Waals surface area contributed by atoms with Gasteiger partial charge in [0.1, 0.15) is 0 Å². The summed E-state index contributed by atoms with van der Waals surface area (Å²) >= 11 is 1.28. The van der Waals surface area contributed by atoms with E-state index in [2.05, 4.69) is 9.71 Å². The quantitative estimate of drug-likeness (QED) is 0.888. The number of rotatable bonds is 5. The van der Waals surface area contributed by atoms with Gasteiger partial charge < -0.3 is 5.11 Å². The summed E-state index contributed by atoms with van der Waals surface area (Å²) in [5.41, 5.74) is 1.28. The zero-order valence-electron chi connectivity index (χ0n) is 11.3. The van der Waals surface area contributed by atoms with E-state index in [4.69, 9.17) is 5.11 Å². The molecule has 0 saturated heterocycles. The molecule has 2 aromatic rings. The summed E-state index contributed by atoms with van der Waals surface area (Å²) in [5.74, 6) is 0. The molecule has 20 heavy (non-hydrogen) atoms. The van der Waals surface area contributed by atoms with Crippen LogP contribution in [-0.2, 0) is 23.1 Å². The number of anilines is 1. The fourth-order valence-electron chi connectivity index (χ4n) is 1.81. The monoisotopic (exact) mass is 312 g/mol. The summed E-state index contributed by atoms with van der Waals surface area (Å²) < 4.78 is 27.3. The van der Waals surface area contributed by atoms with Crippen LogP contribution in [0.25, 0.3) is 0 Å². The molecule has 0 aliphatic rings. The van der Waals surface area contributed by atoms with Crippen molar-refractivity contribution in [1.82, 2.24) is 4.98 Å². The van der Waals surface area contributed by atoms with Gasteiger partial charge in [-0.25, -0.2) is 13.4 Å². The third-order valence-electron chi connectivity index (χ3n) is 2.83. The zero-order chi connectivity index (χ0) is 14.8. The highest BCUT2D eigenvalue weighted by Gasteiger charge is 2.19. The Kier molecular flexibility index (Phi) is 4.42. The molecule has 0 radical (unpaired) electrons. The lowest BCUT2D eigenvalue weighted by Crippen LogP contribution is -2.15. The summed E-state index contributed by atoms with van der Waals surface area (Å²) in [5, 5.41) is 9.51. The largest absolute Gasteiger partial charge is 0.392 e. The minimum Gasteiger partial charge on any atom is -0.392 e. The molecule has 2 N–H and O–H groups in total. The van der Waals surface area contributed by atoms with E-state index in [1.807, 2.05) is 13.8 Å². The highest BCUT2D eigenvalue weighted by Crippen LogP contribution is 2.24.